The minimum absolute atomic E-state index is 0.621. The summed E-state index contributed by atoms with van der Waals surface area (Å²) in [5, 5.41) is 10.4. The van der Waals surface area contributed by atoms with Crippen LogP contribution in [0.4, 0.5) is 5.82 Å². The van der Waals surface area contributed by atoms with E-state index in [0.717, 1.165) is 36.6 Å². The number of benzene rings is 1. The van der Waals surface area contributed by atoms with Crippen LogP contribution in [-0.2, 0) is 0 Å². The molecule has 1 aliphatic heterocycles. The van der Waals surface area contributed by atoms with E-state index >= 15 is 0 Å². The monoisotopic (exact) mass is 330 g/mol. The number of aromatic amines is 1. The molecule has 0 atom stereocenters. The molecule has 0 radical (unpaired) electrons. The average molecular weight is 330 g/mol. The zero-order valence-electron chi connectivity index (χ0n) is 14.0. The molecule has 0 aliphatic carbocycles. The Hall–Kier alpha value is -3.26. The number of pyridine rings is 1. The second-order valence-corrected chi connectivity index (χ2v) is 6.03. The van der Waals surface area contributed by atoms with E-state index in [2.05, 4.69) is 39.3 Å². The minimum atomic E-state index is 0.621. The molecule has 3 aromatic rings. The van der Waals surface area contributed by atoms with E-state index in [-0.39, 0.29) is 0 Å². The van der Waals surface area contributed by atoms with Crippen LogP contribution in [0.3, 0.4) is 0 Å². The van der Waals surface area contributed by atoms with Crippen molar-refractivity contribution in [2.45, 2.75) is 6.42 Å². The van der Waals surface area contributed by atoms with E-state index in [9.17, 15) is 5.26 Å². The summed E-state index contributed by atoms with van der Waals surface area (Å²) in [6.45, 7) is 1.59. The first-order valence-electron chi connectivity index (χ1n) is 8.25. The molecule has 0 spiro atoms. The van der Waals surface area contributed by atoms with E-state index in [4.69, 9.17) is 4.74 Å². The SMILES string of the molecule is COc1ccc2[nH]cc(C3=CCN(c4ncccc4C#N)CC3)c2c1. The number of hydrogen-bond acceptors (Lipinski definition) is 4. The van der Waals surface area contributed by atoms with Crippen molar-refractivity contribution < 1.29 is 4.74 Å². The molecule has 1 aliphatic rings. The lowest BCUT2D eigenvalue weighted by Crippen LogP contribution is -2.29. The van der Waals surface area contributed by atoms with Gasteiger partial charge < -0.3 is 14.6 Å². The van der Waals surface area contributed by atoms with Crippen molar-refractivity contribution in [3.05, 3.63) is 59.9 Å². The Morgan fingerprint density at radius 3 is 3.00 bits per heavy atom. The predicted molar refractivity (Wildman–Crippen MR) is 98.6 cm³/mol. The topological polar surface area (TPSA) is 64.9 Å². The molecule has 3 heterocycles. The van der Waals surface area contributed by atoms with Crippen LogP contribution in [0.25, 0.3) is 16.5 Å². The van der Waals surface area contributed by atoms with Crippen molar-refractivity contribution in [1.29, 1.82) is 5.26 Å². The number of hydrogen-bond donors (Lipinski definition) is 1. The molecule has 5 nitrogen and oxygen atoms in total. The molecule has 0 unspecified atom stereocenters. The standard InChI is InChI=1S/C20H18N4O/c1-25-16-4-5-19-17(11-16)18(13-23-19)14-6-9-24(10-7-14)20-15(12-21)3-2-8-22-20/h2-6,8,11,13,23H,7,9-10H2,1H3. The summed E-state index contributed by atoms with van der Waals surface area (Å²) in [5.41, 5.74) is 4.26. The average Bonchev–Trinajstić information content (AvgIpc) is 3.11. The van der Waals surface area contributed by atoms with Gasteiger partial charge in [-0.2, -0.15) is 5.26 Å². The largest absolute Gasteiger partial charge is 0.497 e. The molecule has 4 rings (SSSR count). The van der Waals surface area contributed by atoms with Crippen molar-refractivity contribution in [1.82, 2.24) is 9.97 Å². The van der Waals surface area contributed by atoms with Crippen LogP contribution in [0.1, 0.15) is 17.5 Å². The zero-order chi connectivity index (χ0) is 17.2. The minimum Gasteiger partial charge on any atom is -0.497 e. The fraction of sp³-hybridized carbons (Fsp3) is 0.200. The summed E-state index contributed by atoms with van der Waals surface area (Å²) in [7, 11) is 1.69. The maximum absolute atomic E-state index is 9.27. The number of nitrogens with zero attached hydrogens (tertiary/aromatic N) is 3. The number of nitrogens with one attached hydrogen (secondary N) is 1. The summed E-state index contributed by atoms with van der Waals surface area (Å²) in [5.74, 6) is 1.62. The zero-order valence-corrected chi connectivity index (χ0v) is 14.0. The van der Waals surface area contributed by atoms with Gasteiger partial charge in [0.05, 0.1) is 12.7 Å². The van der Waals surface area contributed by atoms with Gasteiger partial charge in [-0.3, -0.25) is 0 Å². The normalized spacial score (nSPS) is 14.2. The molecule has 25 heavy (non-hydrogen) atoms. The molecule has 0 bridgehead atoms. The Morgan fingerprint density at radius 2 is 2.24 bits per heavy atom. The number of aromatic nitrogens is 2. The number of fused-ring (bicyclic) bond motifs is 1. The van der Waals surface area contributed by atoms with Gasteiger partial charge in [0.1, 0.15) is 17.6 Å². The summed E-state index contributed by atoms with van der Waals surface area (Å²) < 4.78 is 5.35. The lowest BCUT2D eigenvalue weighted by atomic mass is 9.98. The molecular formula is C20H18N4O. The van der Waals surface area contributed by atoms with Gasteiger partial charge in [0, 0.05) is 41.9 Å². The van der Waals surface area contributed by atoms with Crippen LogP contribution in [0.5, 0.6) is 5.75 Å². The molecule has 0 fully saturated rings. The highest BCUT2D eigenvalue weighted by Gasteiger charge is 2.18. The highest BCUT2D eigenvalue weighted by molar-refractivity contribution is 5.94. The third-order valence-corrected chi connectivity index (χ3v) is 4.65. The summed E-state index contributed by atoms with van der Waals surface area (Å²) in [6.07, 6.45) is 6.93. The maximum Gasteiger partial charge on any atom is 0.146 e. The van der Waals surface area contributed by atoms with Crippen molar-refractivity contribution in [2.24, 2.45) is 0 Å². The van der Waals surface area contributed by atoms with Gasteiger partial charge in [-0.05, 0) is 42.3 Å². The molecule has 0 amide bonds. The van der Waals surface area contributed by atoms with E-state index in [0.29, 0.717) is 5.56 Å². The molecule has 1 aromatic carbocycles. The molecule has 124 valence electrons. The second-order valence-electron chi connectivity index (χ2n) is 6.03. The third kappa shape index (κ3) is 2.72. The van der Waals surface area contributed by atoms with Crippen LogP contribution in [-0.4, -0.2) is 30.2 Å². The van der Waals surface area contributed by atoms with Crippen LogP contribution in [0.2, 0.25) is 0 Å². The van der Waals surface area contributed by atoms with Gasteiger partial charge in [-0.1, -0.05) is 6.08 Å². The first kappa shape index (κ1) is 15.3. The lowest BCUT2D eigenvalue weighted by molar-refractivity contribution is 0.415. The van der Waals surface area contributed by atoms with Crippen LogP contribution in [0.15, 0.2) is 48.8 Å². The fourth-order valence-electron chi connectivity index (χ4n) is 3.33. The Balaban J connectivity index is 1.64. The molecule has 2 aromatic heterocycles. The quantitative estimate of drug-likeness (QED) is 0.794. The highest BCUT2D eigenvalue weighted by atomic mass is 16.5. The number of ether oxygens (including phenoxy) is 1. The molecular weight excluding hydrogens is 312 g/mol. The van der Waals surface area contributed by atoms with Crippen LogP contribution in [0, 0.1) is 11.3 Å². The fourth-order valence-corrected chi connectivity index (χ4v) is 3.33. The van der Waals surface area contributed by atoms with E-state index < -0.39 is 0 Å². The summed E-state index contributed by atoms with van der Waals surface area (Å²) in [6, 6.07) is 11.9. The van der Waals surface area contributed by atoms with Gasteiger partial charge in [-0.25, -0.2) is 4.98 Å². The van der Waals surface area contributed by atoms with E-state index in [1.165, 1.54) is 16.5 Å². The Labute approximate surface area is 146 Å². The van der Waals surface area contributed by atoms with Gasteiger partial charge in [-0.15, -0.1) is 0 Å². The highest BCUT2D eigenvalue weighted by Crippen LogP contribution is 2.32. The first-order chi connectivity index (χ1) is 12.3. The molecule has 1 N–H and O–H groups in total. The first-order valence-corrected chi connectivity index (χ1v) is 8.25. The maximum atomic E-state index is 9.27. The number of nitriles is 1. The third-order valence-electron chi connectivity index (χ3n) is 4.65. The Bertz CT molecular complexity index is 996. The molecule has 0 saturated heterocycles. The Morgan fingerprint density at radius 1 is 1.32 bits per heavy atom. The van der Waals surface area contributed by atoms with Gasteiger partial charge >= 0.3 is 0 Å². The predicted octanol–water partition coefficient (Wildman–Crippen LogP) is 3.74. The summed E-state index contributed by atoms with van der Waals surface area (Å²) in [4.78, 5) is 9.87. The van der Waals surface area contributed by atoms with Crippen LogP contribution < -0.4 is 9.64 Å². The lowest BCUT2D eigenvalue weighted by Gasteiger charge is -2.28. The molecule has 0 saturated carbocycles. The van der Waals surface area contributed by atoms with Gasteiger partial charge in [0.25, 0.3) is 0 Å². The van der Waals surface area contributed by atoms with E-state index in [1.807, 2.05) is 18.2 Å². The van der Waals surface area contributed by atoms with Crippen molar-refractivity contribution in [3.63, 3.8) is 0 Å². The number of H-pyrrole nitrogens is 1. The van der Waals surface area contributed by atoms with Crippen LogP contribution >= 0.6 is 0 Å². The van der Waals surface area contributed by atoms with Gasteiger partial charge in [0.2, 0.25) is 0 Å². The molecule has 5 heteroatoms. The van der Waals surface area contributed by atoms with Crippen molar-refractivity contribution in [2.75, 3.05) is 25.1 Å². The number of anilines is 1. The number of rotatable bonds is 3. The van der Waals surface area contributed by atoms with Crippen molar-refractivity contribution in [3.8, 4) is 11.8 Å². The smallest absolute Gasteiger partial charge is 0.146 e. The van der Waals surface area contributed by atoms with E-state index in [1.54, 1.807) is 19.4 Å². The second kappa shape index (κ2) is 6.33. The summed E-state index contributed by atoms with van der Waals surface area (Å²) >= 11 is 0. The van der Waals surface area contributed by atoms with Gasteiger partial charge in [0.15, 0.2) is 0 Å². The number of methoxy groups -OCH3 is 1. The Kier molecular flexibility index (Phi) is 3.87. The van der Waals surface area contributed by atoms with Crippen molar-refractivity contribution >= 4 is 22.3 Å².